The van der Waals surface area contributed by atoms with Gasteiger partial charge in [0.1, 0.15) is 6.33 Å². The van der Waals surface area contributed by atoms with E-state index in [0.717, 1.165) is 19.5 Å². The second-order valence-corrected chi connectivity index (χ2v) is 5.12. The summed E-state index contributed by atoms with van der Waals surface area (Å²) in [6.45, 7) is 4.03. The van der Waals surface area contributed by atoms with Gasteiger partial charge in [-0.15, -0.1) is 0 Å². The molecule has 1 aromatic rings. The minimum Gasteiger partial charge on any atom is -0.476 e. The van der Waals surface area contributed by atoms with Crippen LogP contribution in [0.2, 0.25) is 0 Å². The third-order valence-corrected chi connectivity index (χ3v) is 3.60. The molecule has 2 heterocycles. The fourth-order valence-electron chi connectivity index (χ4n) is 2.53. The quantitative estimate of drug-likeness (QED) is 0.653. The van der Waals surface area contributed by atoms with Crippen LogP contribution < -0.4 is 10.1 Å². The molecule has 0 spiro atoms. The van der Waals surface area contributed by atoms with Gasteiger partial charge in [0.05, 0.1) is 12.0 Å². The summed E-state index contributed by atoms with van der Waals surface area (Å²) in [6.07, 6.45) is 2.19. The van der Waals surface area contributed by atoms with E-state index in [1.165, 1.54) is 13.4 Å². The lowest BCUT2D eigenvalue weighted by Gasteiger charge is -2.35. The fourth-order valence-corrected chi connectivity index (χ4v) is 2.53. The number of anilines is 1. The van der Waals surface area contributed by atoms with Crippen LogP contribution in [-0.2, 0) is 0 Å². The van der Waals surface area contributed by atoms with Crippen molar-refractivity contribution in [2.75, 3.05) is 32.6 Å². The number of nitro groups is 1. The highest BCUT2D eigenvalue weighted by molar-refractivity contribution is 5.61. The van der Waals surface area contributed by atoms with Crippen molar-refractivity contribution in [2.45, 2.75) is 19.4 Å². The van der Waals surface area contributed by atoms with Crippen molar-refractivity contribution < 1.29 is 9.66 Å². The van der Waals surface area contributed by atoms with E-state index in [0.29, 0.717) is 5.92 Å². The van der Waals surface area contributed by atoms with Crippen molar-refractivity contribution in [1.82, 2.24) is 14.9 Å². The highest BCUT2D eigenvalue weighted by Crippen LogP contribution is 2.32. The number of nitrogens with zero attached hydrogens (tertiary/aromatic N) is 4. The molecular formula is C12H19N5O3. The Hall–Kier alpha value is -1.96. The van der Waals surface area contributed by atoms with Crippen molar-refractivity contribution in [3.63, 3.8) is 0 Å². The number of piperidine rings is 1. The normalized spacial score (nSPS) is 23.4. The molecule has 8 heteroatoms. The molecule has 0 aliphatic carbocycles. The molecule has 1 aromatic heterocycles. The lowest BCUT2D eigenvalue weighted by molar-refractivity contribution is -0.385. The van der Waals surface area contributed by atoms with Crippen LogP contribution in [0.3, 0.4) is 0 Å². The Labute approximate surface area is 117 Å². The van der Waals surface area contributed by atoms with Gasteiger partial charge < -0.3 is 15.0 Å². The van der Waals surface area contributed by atoms with Gasteiger partial charge in [0, 0.05) is 12.6 Å². The van der Waals surface area contributed by atoms with Gasteiger partial charge in [-0.1, -0.05) is 6.92 Å². The van der Waals surface area contributed by atoms with E-state index < -0.39 is 4.92 Å². The van der Waals surface area contributed by atoms with Crippen LogP contribution in [0.1, 0.15) is 13.3 Å². The molecule has 1 aliphatic heterocycles. The third-order valence-electron chi connectivity index (χ3n) is 3.60. The van der Waals surface area contributed by atoms with Gasteiger partial charge in [0.15, 0.2) is 0 Å². The van der Waals surface area contributed by atoms with Gasteiger partial charge in [0.25, 0.3) is 5.88 Å². The zero-order valence-electron chi connectivity index (χ0n) is 11.9. The van der Waals surface area contributed by atoms with E-state index in [4.69, 9.17) is 4.74 Å². The van der Waals surface area contributed by atoms with Crippen molar-refractivity contribution in [2.24, 2.45) is 5.92 Å². The van der Waals surface area contributed by atoms with Crippen molar-refractivity contribution in [3.05, 3.63) is 16.4 Å². The molecule has 0 saturated carbocycles. The van der Waals surface area contributed by atoms with E-state index >= 15 is 0 Å². The first-order valence-electron chi connectivity index (χ1n) is 6.51. The molecule has 20 heavy (non-hydrogen) atoms. The number of nitrogens with one attached hydrogen (secondary N) is 1. The number of rotatable bonds is 4. The van der Waals surface area contributed by atoms with Crippen LogP contribution in [0.25, 0.3) is 0 Å². The van der Waals surface area contributed by atoms with Gasteiger partial charge in [-0.25, -0.2) is 4.98 Å². The smallest absolute Gasteiger partial charge is 0.372 e. The summed E-state index contributed by atoms with van der Waals surface area (Å²) in [5.41, 5.74) is -0.207. The topological polar surface area (TPSA) is 93.4 Å². The summed E-state index contributed by atoms with van der Waals surface area (Å²) < 4.78 is 4.94. The molecule has 1 aliphatic rings. The number of ether oxygens (including phenoxy) is 1. The molecule has 8 nitrogen and oxygen atoms in total. The Kier molecular flexibility index (Phi) is 4.33. The molecule has 1 fully saturated rings. The number of likely N-dealkylation sites (tertiary alicyclic amines) is 1. The molecule has 0 amide bonds. The third kappa shape index (κ3) is 2.96. The molecular weight excluding hydrogens is 262 g/mol. The second-order valence-electron chi connectivity index (χ2n) is 5.12. The molecule has 0 radical (unpaired) electrons. The standard InChI is InChI=1S/C12H19N5O3/c1-8-6-16(2)5-4-9(8)15-11-10(17(18)19)12(20-3)14-7-13-11/h7-9H,4-6H2,1-3H3,(H,13,14,15). The van der Waals surface area contributed by atoms with Crippen LogP contribution in [0, 0.1) is 16.0 Å². The van der Waals surface area contributed by atoms with Crippen LogP contribution in [0.4, 0.5) is 11.5 Å². The number of aromatic nitrogens is 2. The minimum absolute atomic E-state index is 0.0203. The largest absolute Gasteiger partial charge is 0.476 e. The maximum Gasteiger partial charge on any atom is 0.372 e. The Balaban J connectivity index is 2.23. The molecule has 0 bridgehead atoms. The number of hydrogen-bond donors (Lipinski definition) is 1. The van der Waals surface area contributed by atoms with Crippen LogP contribution in [0.5, 0.6) is 5.88 Å². The van der Waals surface area contributed by atoms with E-state index in [2.05, 4.69) is 34.2 Å². The molecule has 1 N–H and O–H groups in total. The second kappa shape index (κ2) is 6.00. The fraction of sp³-hybridized carbons (Fsp3) is 0.667. The Morgan fingerprint density at radius 1 is 1.55 bits per heavy atom. The van der Waals surface area contributed by atoms with Gasteiger partial charge in [-0.05, 0) is 25.9 Å². The maximum atomic E-state index is 11.2. The average Bonchev–Trinajstić information content (AvgIpc) is 2.41. The van der Waals surface area contributed by atoms with Crippen LogP contribution >= 0.6 is 0 Å². The predicted octanol–water partition coefficient (Wildman–Crippen LogP) is 1.15. The summed E-state index contributed by atoms with van der Waals surface area (Å²) in [7, 11) is 3.43. The lowest BCUT2D eigenvalue weighted by atomic mass is 9.94. The van der Waals surface area contributed by atoms with Crippen molar-refractivity contribution in [3.8, 4) is 5.88 Å². The first-order chi connectivity index (χ1) is 9.52. The van der Waals surface area contributed by atoms with Gasteiger partial charge in [0.2, 0.25) is 5.82 Å². The Morgan fingerprint density at radius 3 is 2.90 bits per heavy atom. The number of hydrogen-bond acceptors (Lipinski definition) is 7. The summed E-state index contributed by atoms with van der Waals surface area (Å²) >= 11 is 0. The summed E-state index contributed by atoms with van der Waals surface area (Å²) in [6, 6.07) is 0.157. The molecule has 1 saturated heterocycles. The minimum atomic E-state index is -0.513. The van der Waals surface area contributed by atoms with Crippen molar-refractivity contribution >= 4 is 11.5 Å². The first kappa shape index (κ1) is 14.4. The van der Waals surface area contributed by atoms with Crippen LogP contribution in [0.15, 0.2) is 6.33 Å². The van der Waals surface area contributed by atoms with Crippen molar-refractivity contribution in [1.29, 1.82) is 0 Å². The first-order valence-corrected chi connectivity index (χ1v) is 6.51. The van der Waals surface area contributed by atoms with Gasteiger partial charge in [-0.3, -0.25) is 10.1 Å². The highest BCUT2D eigenvalue weighted by Gasteiger charge is 2.29. The molecule has 2 unspecified atom stereocenters. The molecule has 110 valence electrons. The average molecular weight is 281 g/mol. The van der Waals surface area contributed by atoms with E-state index in [1.807, 2.05) is 0 Å². The molecule has 2 atom stereocenters. The number of methoxy groups -OCH3 is 1. The summed E-state index contributed by atoms with van der Waals surface area (Å²) in [5, 5.41) is 14.4. The Morgan fingerprint density at radius 2 is 2.30 bits per heavy atom. The Bertz CT molecular complexity index is 496. The lowest BCUT2D eigenvalue weighted by Crippen LogP contribution is -2.43. The van der Waals surface area contributed by atoms with E-state index in [1.54, 1.807) is 0 Å². The van der Waals surface area contributed by atoms with Crippen LogP contribution in [-0.4, -0.2) is 53.1 Å². The van der Waals surface area contributed by atoms with Gasteiger partial charge >= 0.3 is 5.69 Å². The summed E-state index contributed by atoms with van der Waals surface area (Å²) in [4.78, 5) is 20.7. The summed E-state index contributed by atoms with van der Waals surface area (Å²) in [5.74, 6) is 0.589. The highest BCUT2D eigenvalue weighted by atomic mass is 16.6. The molecule has 0 aromatic carbocycles. The monoisotopic (exact) mass is 281 g/mol. The maximum absolute atomic E-state index is 11.2. The van der Waals surface area contributed by atoms with Gasteiger partial charge in [-0.2, -0.15) is 4.98 Å². The predicted molar refractivity (Wildman–Crippen MR) is 73.9 cm³/mol. The zero-order chi connectivity index (χ0) is 14.7. The SMILES string of the molecule is COc1ncnc(NC2CCN(C)CC2C)c1[N+](=O)[O-]. The zero-order valence-corrected chi connectivity index (χ0v) is 11.9. The van der Waals surface area contributed by atoms with E-state index in [-0.39, 0.29) is 23.4 Å². The van der Waals surface area contributed by atoms with E-state index in [9.17, 15) is 10.1 Å². The molecule has 2 rings (SSSR count).